The molecular weight excluding hydrogens is 206 g/mol. The summed E-state index contributed by atoms with van der Waals surface area (Å²) >= 11 is 0. The monoisotopic (exact) mass is 227 g/mol. The van der Waals surface area contributed by atoms with Crippen molar-refractivity contribution in [3.8, 4) is 0 Å². The molecule has 4 bridgehead atoms. The Kier molecular flexibility index (Phi) is 2.00. The molecule has 2 N–H and O–H groups in total. The van der Waals surface area contributed by atoms with Crippen molar-refractivity contribution in [3.63, 3.8) is 0 Å². The molecule has 0 aromatic heterocycles. The van der Waals surface area contributed by atoms with Crippen LogP contribution < -0.4 is 5.73 Å². The number of rotatable bonds is 1. The largest absolute Gasteiger partial charge is 0.325 e. The maximum atomic E-state index is 6.80. The van der Waals surface area contributed by atoms with Crippen LogP contribution in [0.3, 0.4) is 0 Å². The Morgan fingerprint density at radius 2 is 1.59 bits per heavy atom. The number of nitrogens with two attached hydrogens (primary N) is 1. The molecule has 4 aliphatic carbocycles. The Hall–Kier alpha value is -0.820. The lowest BCUT2D eigenvalue weighted by atomic mass is 9.47. The summed E-state index contributed by atoms with van der Waals surface area (Å²) in [4.78, 5) is 0. The van der Waals surface area contributed by atoms with Gasteiger partial charge in [-0.05, 0) is 55.4 Å². The van der Waals surface area contributed by atoms with Crippen LogP contribution in [0.1, 0.15) is 43.6 Å². The van der Waals surface area contributed by atoms with E-state index < -0.39 is 0 Å². The predicted molar refractivity (Wildman–Crippen MR) is 69.7 cm³/mol. The van der Waals surface area contributed by atoms with Crippen LogP contribution in [-0.2, 0) is 0 Å². The minimum atomic E-state index is 0.121. The lowest BCUT2D eigenvalue weighted by Crippen LogP contribution is -2.60. The summed E-state index contributed by atoms with van der Waals surface area (Å²) in [7, 11) is 0. The van der Waals surface area contributed by atoms with Crippen LogP contribution >= 0.6 is 0 Å². The molecule has 0 heterocycles. The zero-order valence-electron chi connectivity index (χ0n) is 10.3. The van der Waals surface area contributed by atoms with Gasteiger partial charge in [0.1, 0.15) is 0 Å². The van der Waals surface area contributed by atoms with Gasteiger partial charge < -0.3 is 5.73 Å². The van der Waals surface area contributed by atoms with Gasteiger partial charge in [0.25, 0.3) is 0 Å². The molecular formula is C16H21N. The summed E-state index contributed by atoms with van der Waals surface area (Å²) < 4.78 is 0. The molecule has 1 aromatic carbocycles. The van der Waals surface area contributed by atoms with Crippen molar-refractivity contribution in [1.29, 1.82) is 0 Å². The van der Waals surface area contributed by atoms with Crippen LogP contribution in [-0.4, -0.2) is 5.54 Å². The minimum absolute atomic E-state index is 0.121. The molecule has 17 heavy (non-hydrogen) atoms. The van der Waals surface area contributed by atoms with E-state index in [9.17, 15) is 0 Å². The highest BCUT2D eigenvalue weighted by molar-refractivity contribution is 5.29. The third-order valence-electron chi connectivity index (χ3n) is 5.53. The van der Waals surface area contributed by atoms with E-state index in [0.717, 1.165) is 17.8 Å². The van der Waals surface area contributed by atoms with Gasteiger partial charge in [-0.2, -0.15) is 0 Å². The Labute approximate surface area is 103 Å². The third-order valence-corrected chi connectivity index (χ3v) is 5.53. The molecule has 0 spiro atoms. The van der Waals surface area contributed by atoms with Gasteiger partial charge in [0.15, 0.2) is 0 Å². The second-order valence-corrected chi connectivity index (χ2v) is 6.73. The molecule has 3 atom stereocenters. The quantitative estimate of drug-likeness (QED) is 0.782. The first kappa shape index (κ1) is 10.1. The fourth-order valence-corrected chi connectivity index (χ4v) is 5.37. The molecule has 4 aliphatic rings. The zero-order chi connectivity index (χ0) is 11.5. The summed E-state index contributed by atoms with van der Waals surface area (Å²) in [5.41, 5.74) is 8.42. The standard InChI is InChI=1S/C16H21N/c17-16-9-11-6-12(10-16)8-14(7-11)15(16)13-4-2-1-3-5-13/h1-5,11-12,14-15H,6-10,17H2. The fourth-order valence-electron chi connectivity index (χ4n) is 5.37. The maximum Gasteiger partial charge on any atom is 0.0231 e. The van der Waals surface area contributed by atoms with Crippen molar-refractivity contribution in [2.75, 3.05) is 0 Å². The Balaban J connectivity index is 1.76. The van der Waals surface area contributed by atoms with Gasteiger partial charge in [-0.1, -0.05) is 30.3 Å². The highest BCUT2D eigenvalue weighted by Gasteiger charge is 2.55. The van der Waals surface area contributed by atoms with Crippen LogP contribution in [0.15, 0.2) is 30.3 Å². The summed E-state index contributed by atoms with van der Waals surface area (Å²) in [6, 6.07) is 11.0. The lowest BCUT2D eigenvalue weighted by Gasteiger charge is -2.60. The molecule has 5 rings (SSSR count). The van der Waals surface area contributed by atoms with E-state index in [1.807, 2.05) is 0 Å². The van der Waals surface area contributed by atoms with Gasteiger partial charge >= 0.3 is 0 Å². The van der Waals surface area contributed by atoms with Crippen LogP contribution in [0.4, 0.5) is 0 Å². The molecule has 4 fully saturated rings. The van der Waals surface area contributed by atoms with E-state index in [1.54, 1.807) is 0 Å². The van der Waals surface area contributed by atoms with Crippen LogP contribution in [0.5, 0.6) is 0 Å². The van der Waals surface area contributed by atoms with Crippen LogP contribution in [0.25, 0.3) is 0 Å². The van der Waals surface area contributed by atoms with Crippen molar-refractivity contribution >= 4 is 0 Å². The Morgan fingerprint density at radius 1 is 0.941 bits per heavy atom. The maximum absolute atomic E-state index is 6.80. The molecule has 0 radical (unpaired) electrons. The normalized spacial score (nSPS) is 47.4. The molecule has 1 aromatic rings. The number of hydrogen-bond donors (Lipinski definition) is 1. The topological polar surface area (TPSA) is 26.0 Å². The van der Waals surface area contributed by atoms with E-state index in [4.69, 9.17) is 5.73 Å². The number of benzene rings is 1. The highest BCUT2D eigenvalue weighted by atomic mass is 14.8. The van der Waals surface area contributed by atoms with Crippen molar-refractivity contribution in [3.05, 3.63) is 35.9 Å². The Bertz CT molecular complexity index is 410. The predicted octanol–water partition coefficient (Wildman–Crippen LogP) is 3.31. The molecule has 0 saturated heterocycles. The Morgan fingerprint density at radius 3 is 2.18 bits per heavy atom. The van der Waals surface area contributed by atoms with Gasteiger partial charge in [0.2, 0.25) is 0 Å². The molecule has 4 saturated carbocycles. The molecule has 1 heteroatoms. The minimum Gasteiger partial charge on any atom is -0.325 e. The van der Waals surface area contributed by atoms with E-state index >= 15 is 0 Å². The smallest absolute Gasteiger partial charge is 0.0231 e. The van der Waals surface area contributed by atoms with Crippen LogP contribution in [0.2, 0.25) is 0 Å². The highest BCUT2D eigenvalue weighted by Crippen LogP contribution is 2.60. The summed E-state index contributed by atoms with van der Waals surface area (Å²) in [6.07, 6.45) is 6.90. The molecule has 1 nitrogen and oxygen atoms in total. The van der Waals surface area contributed by atoms with Crippen molar-refractivity contribution < 1.29 is 0 Å². The average molecular weight is 227 g/mol. The van der Waals surface area contributed by atoms with E-state index in [0.29, 0.717) is 5.92 Å². The zero-order valence-corrected chi connectivity index (χ0v) is 10.3. The van der Waals surface area contributed by atoms with Gasteiger partial charge in [0.05, 0.1) is 0 Å². The second kappa shape index (κ2) is 3.35. The fraction of sp³-hybridized carbons (Fsp3) is 0.625. The summed E-state index contributed by atoms with van der Waals surface area (Å²) in [5.74, 6) is 3.39. The molecule has 0 aliphatic heterocycles. The first-order valence-electron chi connectivity index (χ1n) is 7.08. The van der Waals surface area contributed by atoms with E-state index in [1.165, 1.54) is 37.7 Å². The van der Waals surface area contributed by atoms with Crippen molar-refractivity contribution in [1.82, 2.24) is 0 Å². The van der Waals surface area contributed by atoms with Gasteiger partial charge in [-0.15, -0.1) is 0 Å². The van der Waals surface area contributed by atoms with Gasteiger partial charge in [0, 0.05) is 11.5 Å². The first-order valence-corrected chi connectivity index (χ1v) is 7.08. The molecule has 3 unspecified atom stereocenters. The van der Waals surface area contributed by atoms with E-state index in [-0.39, 0.29) is 5.54 Å². The third kappa shape index (κ3) is 1.41. The second-order valence-electron chi connectivity index (χ2n) is 6.73. The average Bonchev–Trinajstić information content (AvgIpc) is 2.27. The molecule has 90 valence electrons. The summed E-state index contributed by atoms with van der Waals surface area (Å²) in [6.45, 7) is 0. The van der Waals surface area contributed by atoms with Crippen molar-refractivity contribution in [2.24, 2.45) is 23.5 Å². The first-order chi connectivity index (χ1) is 8.24. The van der Waals surface area contributed by atoms with Gasteiger partial charge in [-0.25, -0.2) is 0 Å². The molecule has 0 amide bonds. The van der Waals surface area contributed by atoms with Crippen LogP contribution in [0, 0.1) is 17.8 Å². The summed E-state index contributed by atoms with van der Waals surface area (Å²) in [5, 5.41) is 0. The van der Waals surface area contributed by atoms with E-state index in [2.05, 4.69) is 30.3 Å². The number of hydrogen-bond acceptors (Lipinski definition) is 1. The SMILES string of the molecule is NC12CC3CC(CC(C3)C1c1ccccc1)C2. The van der Waals surface area contributed by atoms with Crippen molar-refractivity contribution in [2.45, 2.75) is 43.6 Å². The van der Waals surface area contributed by atoms with Gasteiger partial charge in [-0.3, -0.25) is 0 Å². The lowest BCUT2D eigenvalue weighted by molar-refractivity contribution is -0.0221.